The first kappa shape index (κ1) is 18.3. The molecule has 1 aromatic heterocycles. The predicted molar refractivity (Wildman–Crippen MR) is 117 cm³/mol. The number of nitrogens with one attached hydrogen (secondary N) is 2. The molecule has 0 radical (unpaired) electrons. The fraction of sp³-hybridized carbons (Fsp3) is 0. The number of halogens is 1. The molecule has 3 aromatic carbocycles. The molecule has 0 aliphatic carbocycles. The summed E-state index contributed by atoms with van der Waals surface area (Å²) in [6.45, 7) is 0. The van der Waals surface area contributed by atoms with Crippen LogP contribution in [0.5, 0.6) is 0 Å². The van der Waals surface area contributed by atoms with Crippen molar-refractivity contribution in [3.8, 4) is 11.5 Å². The molecule has 138 valence electrons. The van der Waals surface area contributed by atoms with Crippen molar-refractivity contribution >= 4 is 56.0 Å². The Morgan fingerprint density at radius 2 is 1.79 bits per heavy atom. The van der Waals surface area contributed by atoms with Crippen molar-refractivity contribution in [2.24, 2.45) is 0 Å². The molecule has 0 aliphatic rings. The van der Waals surface area contributed by atoms with E-state index < -0.39 is 0 Å². The summed E-state index contributed by atoms with van der Waals surface area (Å²) in [6, 6.07) is 22.2. The van der Waals surface area contributed by atoms with E-state index in [0.717, 1.165) is 26.8 Å². The number of hydrogen-bond acceptors (Lipinski definition) is 4. The van der Waals surface area contributed by atoms with Gasteiger partial charge in [-0.25, -0.2) is 4.98 Å². The molecule has 0 spiro atoms. The summed E-state index contributed by atoms with van der Waals surface area (Å²) < 4.78 is 6.60. The lowest BCUT2D eigenvalue weighted by Gasteiger charge is -2.10. The van der Waals surface area contributed by atoms with Crippen molar-refractivity contribution in [1.82, 2.24) is 10.3 Å². The van der Waals surface area contributed by atoms with Crippen molar-refractivity contribution < 1.29 is 9.21 Å². The quantitative estimate of drug-likeness (QED) is 0.409. The molecular formula is C21H14BrN3O2S. The average Bonchev–Trinajstić information content (AvgIpc) is 3.12. The van der Waals surface area contributed by atoms with Gasteiger partial charge >= 0.3 is 0 Å². The van der Waals surface area contributed by atoms with Crippen LogP contribution in [0.15, 0.2) is 81.7 Å². The van der Waals surface area contributed by atoms with Gasteiger partial charge in [0.2, 0.25) is 5.89 Å². The molecular weight excluding hydrogens is 438 g/mol. The number of hydrogen-bond donors (Lipinski definition) is 2. The van der Waals surface area contributed by atoms with Crippen molar-refractivity contribution in [2.75, 3.05) is 5.32 Å². The van der Waals surface area contributed by atoms with Gasteiger partial charge in [0.15, 0.2) is 10.7 Å². The van der Waals surface area contributed by atoms with Crippen molar-refractivity contribution in [2.45, 2.75) is 0 Å². The normalized spacial score (nSPS) is 10.6. The van der Waals surface area contributed by atoms with Crippen LogP contribution in [0, 0.1) is 0 Å². The topological polar surface area (TPSA) is 67.2 Å². The number of oxazole rings is 1. The van der Waals surface area contributed by atoms with Gasteiger partial charge in [0, 0.05) is 21.3 Å². The summed E-state index contributed by atoms with van der Waals surface area (Å²) in [5, 5.41) is 5.89. The van der Waals surface area contributed by atoms with Crippen LogP contribution in [-0.4, -0.2) is 16.0 Å². The number of amides is 1. The van der Waals surface area contributed by atoms with Crippen LogP contribution >= 0.6 is 28.1 Å². The fourth-order valence-corrected chi connectivity index (χ4v) is 3.27. The van der Waals surface area contributed by atoms with Crippen LogP contribution in [-0.2, 0) is 0 Å². The van der Waals surface area contributed by atoms with Crippen molar-refractivity contribution in [3.05, 3.63) is 82.8 Å². The Bertz CT molecular complexity index is 1140. The van der Waals surface area contributed by atoms with Gasteiger partial charge in [0.05, 0.1) is 0 Å². The van der Waals surface area contributed by atoms with E-state index in [2.05, 4.69) is 31.5 Å². The van der Waals surface area contributed by atoms with Crippen molar-refractivity contribution in [1.29, 1.82) is 0 Å². The number of carbonyl (C=O) groups is 1. The summed E-state index contributed by atoms with van der Waals surface area (Å²) in [7, 11) is 0. The molecule has 0 aliphatic heterocycles. The van der Waals surface area contributed by atoms with Gasteiger partial charge in [0.25, 0.3) is 5.91 Å². The zero-order valence-electron chi connectivity index (χ0n) is 14.5. The highest BCUT2D eigenvalue weighted by molar-refractivity contribution is 9.10. The minimum atomic E-state index is -0.276. The van der Waals surface area contributed by atoms with E-state index in [1.54, 1.807) is 18.2 Å². The number of para-hydroxylation sites is 2. The highest BCUT2D eigenvalue weighted by Gasteiger charge is 2.10. The number of rotatable bonds is 3. The maximum absolute atomic E-state index is 12.2. The third kappa shape index (κ3) is 4.11. The molecule has 0 atom stereocenters. The largest absolute Gasteiger partial charge is 0.436 e. The average molecular weight is 452 g/mol. The van der Waals surface area contributed by atoms with Gasteiger partial charge in [0.1, 0.15) is 5.52 Å². The minimum Gasteiger partial charge on any atom is -0.436 e. The second kappa shape index (κ2) is 7.92. The molecule has 0 saturated heterocycles. The van der Waals surface area contributed by atoms with E-state index >= 15 is 0 Å². The number of benzene rings is 3. The third-order valence-corrected chi connectivity index (χ3v) is 4.69. The molecule has 0 fully saturated rings. The Hall–Kier alpha value is -3.03. The molecule has 0 bridgehead atoms. The monoisotopic (exact) mass is 451 g/mol. The lowest BCUT2D eigenvalue weighted by atomic mass is 10.2. The van der Waals surface area contributed by atoms with E-state index in [1.165, 1.54) is 0 Å². The standard InChI is InChI=1S/C21H14BrN3O2S/c22-15-5-3-4-14(12-15)19(26)25-21(28)23-16-10-8-13(9-11-16)20-24-17-6-1-2-7-18(17)27-20/h1-12H,(H2,23,25,26,28). The number of nitrogens with zero attached hydrogens (tertiary/aromatic N) is 1. The third-order valence-electron chi connectivity index (χ3n) is 4.00. The smallest absolute Gasteiger partial charge is 0.257 e. The van der Waals surface area contributed by atoms with Gasteiger partial charge in [-0.3, -0.25) is 10.1 Å². The first-order chi connectivity index (χ1) is 13.6. The summed E-state index contributed by atoms with van der Waals surface area (Å²) >= 11 is 8.58. The number of thiocarbonyl (C=S) groups is 1. The minimum absolute atomic E-state index is 0.222. The highest BCUT2D eigenvalue weighted by atomic mass is 79.9. The highest BCUT2D eigenvalue weighted by Crippen LogP contribution is 2.25. The SMILES string of the molecule is O=C(NC(=S)Nc1ccc(-c2nc3ccccc3o2)cc1)c1cccc(Br)c1. The van der Waals surface area contributed by atoms with Crippen LogP contribution in [0.25, 0.3) is 22.6 Å². The van der Waals surface area contributed by atoms with E-state index in [0.29, 0.717) is 11.5 Å². The first-order valence-electron chi connectivity index (χ1n) is 8.42. The predicted octanol–water partition coefficient (Wildman–Crippen LogP) is 5.38. The molecule has 7 heteroatoms. The van der Waals surface area contributed by atoms with Crippen LogP contribution in [0.1, 0.15) is 10.4 Å². The molecule has 1 amide bonds. The van der Waals surface area contributed by atoms with Gasteiger partial charge in [-0.15, -0.1) is 0 Å². The first-order valence-corrected chi connectivity index (χ1v) is 9.62. The van der Waals surface area contributed by atoms with E-state index in [9.17, 15) is 4.79 Å². The maximum atomic E-state index is 12.2. The molecule has 0 unspecified atom stereocenters. The second-order valence-corrected chi connectivity index (χ2v) is 7.31. The molecule has 4 rings (SSSR count). The van der Waals surface area contributed by atoms with Crippen LogP contribution in [0.3, 0.4) is 0 Å². The second-order valence-electron chi connectivity index (χ2n) is 5.98. The lowest BCUT2D eigenvalue weighted by molar-refractivity contribution is 0.0977. The zero-order valence-corrected chi connectivity index (χ0v) is 16.9. The van der Waals surface area contributed by atoms with E-state index in [-0.39, 0.29) is 11.0 Å². The molecule has 28 heavy (non-hydrogen) atoms. The number of carbonyl (C=O) groups excluding carboxylic acids is 1. The molecule has 4 aromatic rings. The number of aromatic nitrogens is 1. The van der Waals surface area contributed by atoms with Crippen LogP contribution in [0.4, 0.5) is 5.69 Å². The summed E-state index contributed by atoms with van der Waals surface area (Å²) in [6.07, 6.45) is 0. The number of anilines is 1. The van der Waals surface area contributed by atoms with Gasteiger partial charge < -0.3 is 9.73 Å². The van der Waals surface area contributed by atoms with Gasteiger partial charge in [-0.05, 0) is 66.8 Å². The fourth-order valence-electron chi connectivity index (χ4n) is 2.66. The molecule has 5 nitrogen and oxygen atoms in total. The van der Waals surface area contributed by atoms with E-state index in [4.69, 9.17) is 16.6 Å². The van der Waals surface area contributed by atoms with Crippen molar-refractivity contribution in [3.63, 3.8) is 0 Å². The Morgan fingerprint density at radius 1 is 1.00 bits per heavy atom. The summed E-state index contributed by atoms with van der Waals surface area (Å²) in [4.78, 5) is 16.7. The maximum Gasteiger partial charge on any atom is 0.257 e. The summed E-state index contributed by atoms with van der Waals surface area (Å²) in [5.41, 5.74) is 3.68. The van der Waals surface area contributed by atoms with Crippen LogP contribution < -0.4 is 10.6 Å². The Balaban J connectivity index is 1.42. The lowest BCUT2D eigenvalue weighted by Crippen LogP contribution is -2.34. The zero-order chi connectivity index (χ0) is 19.5. The molecule has 0 saturated carbocycles. The van der Waals surface area contributed by atoms with Gasteiger partial charge in [-0.1, -0.05) is 34.1 Å². The van der Waals surface area contributed by atoms with Crippen LogP contribution in [0.2, 0.25) is 0 Å². The molecule has 1 heterocycles. The summed E-state index contributed by atoms with van der Waals surface area (Å²) in [5.74, 6) is 0.278. The Morgan fingerprint density at radius 3 is 2.54 bits per heavy atom. The van der Waals surface area contributed by atoms with E-state index in [1.807, 2.05) is 54.6 Å². The Labute approximate surface area is 174 Å². The van der Waals surface area contributed by atoms with Gasteiger partial charge in [-0.2, -0.15) is 0 Å². The molecule has 2 N–H and O–H groups in total. The Kier molecular flexibility index (Phi) is 5.18. The number of fused-ring (bicyclic) bond motifs is 1.